The summed E-state index contributed by atoms with van der Waals surface area (Å²) in [6, 6.07) is 20.0. The Morgan fingerprint density at radius 2 is 1.59 bits per heavy atom. The van der Waals surface area contributed by atoms with Crippen molar-refractivity contribution in [1.82, 2.24) is 0 Å². The van der Waals surface area contributed by atoms with E-state index in [0.717, 1.165) is 24.9 Å². The average Bonchev–Trinajstić information content (AvgIpc) is 3.46. The van der Waals surface area contributed by atoms with E-state index in [1.54, 1.807) is 0 Å². The van der Waals surface area contributed by atoms with Gasteiger partial charge in [0.1, 0.15) is 11.2 Å². The van der Waals surface area contributed by atoms with Crippen LogP contribution >= 0.6 is 0 Å². The van der Waals surface area contributed by atoms with Gasteiger partial charge in [0.05, 0.1) is 0 Å². The molecule has 3 aliphatic carbocycles. The van der Waals surface area contributed by atoms with Crippen LogP contribution in [0.4, 0.5) is 0 Å². The van der Waals surface area contributed by atoms with Gasteiger partial charge in [-0.15, -0.1) is 0 Å². The molecule has 0 bridgehead atoms. The van der Waals surface area contributed by atoms with E-state index in [1.807, 2.05) is 0 Å². The zero-order valence-electron chi connectivity index (χ0n) is 23.1. The fourth-order valence-electron chi connectivity index (χ4n) is 6.36. The smallest absolute Gasteiger partial charge is 0.158 e. The Balaban J connectivity index is 1.43. The molecule has 0 radical (unpaired) electrons. The van der Waals surface area contributed by atoms with E-state index in [0.29, 0.717) is 23.2 Å². The number of rotatable bonds is 5. The molecule has 1 saturated carbocycles. The lowest BCUT2D eigenvalue weighted by Gasteiger charge is -2.39. The first-order chi connectivity index (χ1) is 17.7. The SMILES string of the molecule is CC(C)(C)C(C)(C)CBc1ccc(-c2oc3c(c2-c2ccccc2)=CCC2CC4C=CC=CC4C=32)cc1. The average molecular weight is 487 g/mol. The van der Waals surface area contributed by atoms with Gasteiger partial charge in [0.25, 0.3) is 0 Å². The highest BCUT2D eigenvalue weighted by Gasteiger charge is 2.39. The highest BCUT2D eigenvalue weighted by molar-refractivity contribution is 6.53. The molecule has 0 amide bonds. The lowest BCUT2D eigenvalue weighted by molar-refractivity contribution is 0.157. The van der Waals surface area contributed by atoms with Crippen molar-refractivity contribution >= 4 is 24.4 Å². The zero-order chi connectivity index (χ0) is 25.8. The minimum atomic E-state index is 0.289. The molecule has 37 heavy (non-hydrogen) atoms. The summed E-state index contributed by atoms with van der Waals surface area (Å²) >= 11 is 0. The predicted molar refractivity (Wildman–Crippen MR) is 160 cm³/mol. The van der Waals surface area contributed by atoms with Gasteiger partial charge in [-0.05, 0) is 46.6 Å². The normalized spacial score (nSPS) is 22.3. The molecule has 0 saturated heterocycles. The fraction of sp³-hybridized carbons (Fsp3) is 0.371. The van der Waals surface area contributed by atoms with Crippen molar-refractivity contribution in [3.05, 3.63) is 89.5 Å². The molecule has 1 aromatic heterocycles. The number of furan rings is 1. The van der Waals surface area contributed by atoms with Crippen molar-refractivity contribution in [3.8, 4) is 22.5 Å². The van der Waals surface area contributed by atoms with E-state index in [2.05, 4.69) is 120 Å². The van der Waals surface area contributed by atoms with Crippen molar-refractivity contribution in [2.45, 2.75) is 53.8 Å². The molecule has 0 aliphatic heterocycles. The summed E-state index contributed by atoms with van der Waals surface area (Å²) in [7, 11) is 1.10. The van der Waals surface area contributed by atoms with Crippen LogP contribution in [0.15, 0.2) is 83.3 Å². The van der Waals surface area contributed by atoms with E-state index in [1.165, 1.54) is 45.7 Å². The number of allylic oxidation sites excluding steroid dienone is 4. The highest BCUT2D eigenvalue weighted by Crippen LogP contribution is 2.47. The lowest BCUT2D eigenvalue weighted by atomic mass is 9.53. The van der Waals surface area contributed by atoms with Crippen LogP contribution in [0, 0.1) is 28.6 Å². The summed E-state index contributed by atoms with van der Waals surface area (Å²) in [6.45, 7) is 11.8. The third-order valence-electron chi connectivity index (χ3n) is 9.77. The number of benzene rings is 2. The topological polar surface area (TPSA) is 13.1 Å². The van der Waals surface area contributed by atoms with Crippen LogP contribution in [-0.2, 0) is 0 Å². The highest BCUT2D eigenvalue weighted by atomic mass is 16.3. The van der Waals surface area contributed by atoms with Crippen molar-refractivity contribution < 1.29 is 4.42 Å². The molecule has 3 atom stereocenters. The van der Waals surface area contributed by atoms with Crippen molar-refractivity contribution in [2.75, 3.05) is 0 Å². The monoisotopic (exact) mass is 486 g/mol. The molecule has 2 aromatic carbocycles. The second-order valence-electron chi connectivity index (χ2n) is 13.0. The summed E-state index contributed by atoms with van der Waals surface area (Å²) < 4.78 is 6.91. The first-order valence-corrected chi connectivity index (χ1v) is 14.1. The summed E-state index contributed by atoms with van der Waals surface area (Å²) in [5, 5.41) is 1.30. The largest absolute Gasteiger partial charge is 0.455 e. The molecule has 1 nitrogen and oxygen atoms in total. The minimum absolute atomic E-state index is 0.289. The maximum absolute atomic E-state index is 6.91. The number of hydrogen-bond acceptors (Lipinski definition) is 1. The third kappa shape index (κ3) is 4.29. The van der Waals surface area contributed by atoms with Gasteiger partial charge in [-0.3, -0.25) is 0 Å². The van der Waals surface area contributed by atoms with Crippen molar-refractivity contribution in [3.63, 3.8) is 0 Å². The van der Waals surface area contributed by atoms with E-state index < -0.39 is 0 Å². The Labute approximate surface area is 222 Å². The standard InChI is InChI=1S/C35H39BO/c1-34(2,3)35(4,5)22-36-27-18-15-24(16-19-27)32-30(23-11-7-6-8-12-23)29-20-17-26-21-25-13-9-10-14-28(25)31(26)33(29)37-32/h6-16,18-20,25-26,28,36H,17,21-22H2,1-5H3. The van der Waals surface area contributed by atoms with Gasteiger partial charge in [0.2, 0.25) is 0 Å². The summed E-state index contributed by atoms with van der Waals surface area (Å²) in [5.41, 5.74) is 8.30. The maximum Gasteiger partial charge on any atom is 0.158 e. The molecule has 3 aromatic rings. The van der Waals surface area contributed by atoms with Crippen LogP contribution in [0.25, 0.3) is 34.1 Å². The van der Waals surface area contributed by atoms with Gasteiger partial charge in [-0.2, -0.15) is 0 Å². The summed E-state index contributed by atoms with van der Waals surface area (Å²) in [6.07, 6.45) is 15.2. The van der Waals surface area contributed by atoms with E-state index in [9.17, 15) is 0 Å². The molecular weight excluding hydrogens is 447 g/mol. The van der Waals surface area contributed by atoms with Crippen LogP contribution in [0.3, 0.4) is 0 Å². The quantitative estimate of drug-likeness (QED) is 0.359. The molecule has 3 aliphatic rings. The second kappa shape index (κ2) is 9.08. The van der Waals surface area contributed by atoms with Gasteiger partial charge >= 0.3 is 0 Å². The molecule has 2 heteroatoms. The Morgan fingerprint density at radius 1 is 0.865 bits per heavy atom. The third-order valence-corrected chi connectivity index (χ3v) is 9.77. The summed E-state index contributed by atoms with van der Waals surface area (Å²) in [5.74, 6) is 2.68. The van der Waals surface area contributed by atoms with Crippen LogP contribution in [-0.4, -0.2) is 7.28 Å². The number of hydrogen-bond donors (Lipinski definition) is 0. The van der Waals surface area contributed by atoms with Gasteiger partial charge in [0.15, 0.2) is 7.28 Å². The van der Waals surface area contributed by atoms with Crippen LogP contribution in [0.5, 0.6) is 0 Å². The van der Waals surface area contributed by atoms with E-state index in [-0.39, 0.29) is 5.41 Å². The first kappa shape index (κ1) is 24.3. The molecule has 3 unspecified atom stereocenters. The molecule has 6 rings (SSSR count). The van der Waals surface area contributed by atoms with Crippen LogP contribution in [0.2, 0.25) is 6.32 Å². The lowest BCUT2D eigenvalue weighted by Crippen LogP contribution is -2.33. The summed E-state index contributed by atoms with van der Waals surface area (Å²) in [4.78, 5) is 0. The molecular formula is C35H39BO. The Kier molecular flexibility index (Phi) is 5.98. The first-order valence-electron chi connectivity index (χ1n) is 14.1. The number of fused-ring (bicyclic) bond motifs is 4. The Bertz CT molecular complexity index is 1480. The minimum Gasteiger partial charge on any atom is -0.455 e. The van der Waals surface area contributed by atoms with Gasteiger partial charge in [-0.1, -0.05) is 131 Å². The van der Waals surface area contributed by atoms with E-state index >= 15 is 0 Å². The molecule has 0 N–H and O–H groups in total. The zero-order valence-corrected chi connectivity index (χ0v) is 23.1. The van der Waals surface area contributed by atoms with Crippen molar-refractivity contribution in [2.24, 2.45) is 28.6 Å². The fourth-order valence-corrected chi connectivity index (χ4v) is 6.36. The molecule has 1 fully saturated rings. The van der Waals surface area contributed by atoms with Crippen LogP contribution < -0.4 is 16.1 Å². The van der Waals surface area contributed by atoms with E-state index in [4.69, 9.17) is 4.42 Å². The van der Waals surface area contributed by atoms with Gasteiger partial charge in [0, 0.05) is 22.3 Å². The second-order valence-corrected chi connectivity index (χ2v) is 13.0. The Morgan fingerprint density at radius 3 is 2.32 bits per heavy atom. The maximum atomic E-state index is 6.91. The predicted octanol–water partition coefficient (Wildman–Crippen LogP) is 6.88. The van der Waals surface area contributed by atoms with Crippen molar-refractivity contribution in [1.29, 1.82) is 0 Å². The molecule has 1 heterocycles. The van der Waals surface area contributed by atoms with Gasteiger partial charge in [-0.25, -0.2) is 0 Å². The molecule has 0 spiro atoms. The molecule has 188 valence electrons. The van der Waals surface area contributed by atoms with Gasteiger partial charge < -0.3 is 4.42 Å². The Hall–Kier alpha value is -3.00. The van der Waals surface area contributed by atoms with Crippen LogP contribution in [0.1, 0.15) is 47.5 Å².